The molecule has 0 aromatic heterocycles. The number of nitrogens with two attached hydrogens (primary N) is 1. The first kappa shape index (κ1) is 15.7. The van der Waals surface area contributed by atoms with E-state index in [9.17, 15) is 4.79 Å². The molecular formula is C16H26N2O. The zero-order valence-electron chi connectivity index (χ0n) is 12.5. The van der Waals surface area contributed by atoms with E-state index in [1.807, 2.05) is 50.8 Å². The van der Waals surface area contributed by atoms with Crippen molar-refractivity contribution in [2.45, 2.75) is 40.2 Å². The first-order chi connectivity index (χ1) is 8.86. The lowest BCUT2D eigenvalue weighted by atomic mass is 9.86. The summed E-state index contributed by atoms with van der Waals surface area (Å²) >= 11 is 0. The summed E-state index contributed by atoms with van der Waals surface area (Å²) in [5.41, 5.74) is 7.10. The lowest BCUT2D eigenvalue weighted by Crippen LogP contribution is -2.50. The van der Waals surface area contributed by atoms with Gasteiger partial charge in [-0.05, 0) is 24.3 Å². The Morgan fingerprint density at radius 2 is 1.84 bits per heavy atom. The zero-order chi connectivity index (χ0) is 14.5. The Morgan fingerprint density at radius 1 is 1.26 bits per heavy atom. The van der Waals surface area contributed by atoms with Crippen LogP contribution in [0.1, 0.15) is 33.3 Å². The number of hydrogen-bond acceptors (Lipinski definition) is 2. The van der Waals surface area contributed by atoms with Crippen molar-refractivity contribution in [2.24, 2.45) is 11.1 Å². The molecule has 1 aromatic carbocycles. The molecule has 0 radical (unpaired) electrons. The summed E-state index contributed by atoms with van der Waals surface area (Å²) in [6.45, 7) is 9.43. The van der Waals surface area contributed by atoms with Crippen molar-refractivity contribution in [3.05, 3.63) is 35.9 Å². The lowest BCUT2D eigenvalue weighted by molar-refractivity contribution is -0.134. The smallest absolute Gasteiger partial charge is 0.240 e. The fourth-order valence-corrected chi connectivity index (χ4v) is 1.90. The molecular weight excluding hydrogens is 236 g/mol. The van der Waals surface area contributed by atoms with Gasteiger partial charge >= 0.3 is 0 Å². The van der Waals surface area contributed by atoms with Crippen LogP contribution in [0.4, 0.5) is 0 Å². The minimum absolute atomic E-state index is 0.0472. The Labute approximate surface area is 116 Å². The summed E-state index contributed by atoms with van der Waals surface area (Å²) < 4.78 is 0. The number of rotatable bonds is 5. The van der Waals surface area contributed by atoms with Gasteiger partial charge in [0, 0.05) is 13.1 Å². The molecule has 3 heteroatoms. The topological polar surface area (TPSA) is 46.3 Å². The van der Waals surface area contributed by atoms with Gasteiger partial charge in [0.1, 0.15) is 0 Å². The molecule has 0 aliphatic heterocycles. The third-order valence-electron chi connectivity index (χ3n) is 3.41. The summed E-state index contributed by atoms with van der Waals surface area (Å²) in [6.07, 6.45) is 0.872. The van der Waals surface area contributed by atoms with Crippen LogP contribution in [-0.2, 0) is 11.2 Å². The monoisotopic (exact) mass is 262 g/mol. The molecule has 19 heavy (non-hydrogen) atoms. The van der Waals surface area contributed by atoms with Crippen molar-refractivity contribution < 1.29 is 4.79 Å². The van der Waals surface area contributed by atoms with Crippen molar-refractivity contribution >= 4 is 5.91 Å². The van der Waals surface area contributed by atoms with Gasteiger partial charge < -0.3 is 10.6 Å². The van der Waals surface area contributed by atoms with Gasteiger partial charge in [-0.25, -0.2) is 0 Å². The van der Waals surface area contributed by atoms with Gasteiger partial charge in [-0.3, -0.25) is 4.79 Å². The molecule has 0 saturated carbocycles. The Morgan fingerprint density at radius 3 is 2.32 bits per heavy atom. The van der Waals surface area contributed by atoms with E-state index >= 15 is 0 Å². The lowest BCUT2D eigenvalue weighted by Gasteiger charge is -2.31. The van der Waals surface area contributed by atoms with E-state index in [0.29, 0.717) is 6.54 Å². The average molecular weight is 262 g/mol. The number of likely N-dealkylation sites (N-methyl/N-ethyl adjacent to an activating group) is 1. The second-order valence-corrected chi connectivity index (χ2v) is 6.00. The highest BCUT2D eigenvalue weighted by Gasteiger charge is 2.30. The van der Waals surface area contributed by atoms with Crippen LogP contribution < -0.4 is 5.73 Å². The second-order valence-electron chi connectivity index (χ2n) is 6.00. The molecule has 3 nitrogen and oxygen atoms in total. The van der Waals surface area contributed by atoms with Crippen molar-refractivity contribution in [3.8, 4) is 0 Å². The van der Waals surface area contributed by atoms with Crippen LogP contribution in [0.2, 0.25) is 0 Å². The van der Waals surface area contributed by atoms with Crippen LogP contribution in [0.25, 0.3) is 0 Å². The molecule has 1 unspecified atom stereocenters. The quantitative estimate of drug-likeness (QED) is 0.886. The van der Waals surface area contributed by atoms with Gasteiger partial charge in [-0.2, -0.15) is 0 Å². The molecule has 1 amide bonds. The fourth-order valence-electron chi connectivity index (χ4n) is 1.90. The average Bonchev–Trinajstić information content (AvgIpc) is 2.38. The first-order valence-electron chi connectivity index (χ1n) is 6.94. The Kier molecular flexibility index (Phi) is 5.55. The third-order valence-corrected chi connectivity index (χ3v) is 3.41. The summed E-state index contributed by atoms with van der Waals surface area (Å²) in [5.74, 6) is 0.0472. The Bertz CT molecular complexity index is 395. The Balaban J connectivity index is 2.61. The zero-order valence-corrected chi connectivity index (χ0v) is 12.5. The van der Waals surface area contributed by atoms with E-state index in [4.69, 9.17) is 5.73 Å². The van der Waals surface area contributed by atoms with Crippen LogP contribution in [0.3, 0.4) is 0 Å². The molecule has 1 aromatic rings. The standard InChI is InChI=1S/C16H26N2O/c1-5-18(15(19)14(17)16(2,3)4)12-11-13-9-7-6-8-10-13/h6-10,14H,5,11-12,17H2,1-4H3. The summed E-state index contributed by atoms with van der Waals surface area (Å²) in [6, 6.07) is 9.78. The third kappa shape index (κ3) is 4.67. The Hall–Kier alpha value is -1.35. The summed E-state index contributed by atoms with van der Waals surface area (Å²) in [4.78, 5) is 14.2. The van der Waals surface area contributed by atoms with E-state index in [0.717, 1.165) is 13.0 Å². The first-order valence-corrected chi connectivity index (χ1v) is 6.94. The predicted octanol–water partition coefficient (Wildman–Crippen LogP) is 2.45. The number of carbonyl (C=O) groups excluding carboxylic acids is 1. The van der Waals surface area contributed by atoms with E-state index in [1.54, 1.807) is 0 Å². The van der Waals surface area contributed by atoms with E-state index in [2.05, 4.69) is 12.1 Å². The van der Waals surface area contributed by atoms with Crippen LogP contribution >= 0.6 is 0 Å². The SMILES string of the molecule is CCN(CCc1ccccc1)C(=O)C(N)C(C)(C)C. The minimum atomic E-state index is -0.441. The molecule has 1 atom stereocenters. The maximum absolute atomic E-state index is 12.3. The van der Waals surface area contributed by atoms with Crippen LogP contribution in [0.5, 0.6) is 0 Å². The van der Waals surface area contributed by atoms with Crippen LogP contribution in [0.15, 0.2) is 30.3 Å². The molecule has 0 saturated heterocycles. The molecule has 1 rings (SSSR count). The fraction of sp³-hybridized carbons (Fsp3) is 0.562. The molecule has 0 aliphatic rings. The normalized spacial score (nSPS) is 13.1. The minimum Gasteiger partial charge on any atom is -0.341 e. The van der Waals surface area contributed by atoms with E-state index < -0.39 is 6.04 Å². The largest absolute Gasteiger partial charge is 0.341 e. The molecule has 0 spiro atoms. The number of nitrogens with zero attached hydrogens (tertiary/aromatic N) is 1. The highest BCUT2D eigenvalue weighted by atomic mass is 16.2. The van der Waals surface area contributed by atoms with Crippen molar-refractivity contribution in [1.82, 2.24) is 4.90 Å². The maximum atomic E-state index is 12.3. The van der Waals surface area contributed by atoms with Gasteiger partial charge in [-0.15, -0.1) is 0 Å². The van der Waals surface area contributed by atoms with E-state index in [-0.39, 0.29) is 11.3 Å². The number of amides is 1. The molecule has 106 valence electrons. The second kappa shape index (κ2) is 6.71. The van der Waals surface area contributed by atoms with E-state index in [1.165, 1.54) is 5.56 Å². The maximum Gasteiger partial charge on any atom is 0.240 e. The number of benzene rings is 1. The molecule has 2 N–H and O–H groups in total. The van der Waals surface area contributed by atoms with Gasteiger partial charge in [0.25, 0.3) is 0 Å². The summed E-state index contributed by atoms with van der Waals surface area (Å²) in [5, 5.41) is 0. The molecule has 0 heterocycles. The summed E-state index contributed by atoms with van der Waals surface area (Å²) in [7, 11) is 0. The van der Waals surface area contributed by atoms with Crippen molar-refractivity contribution in [3.63, 3.8) is 0 Å². The molecule has 0 aliphatic carbocycles. The highest BCUT2D eigenvalue weighted by Crippen LogP contribution is 2.19. The van der Waals surface area contributed by atoms with Crippen molar-refractivity contribution in [2.75, 3.05) is 13.1 Å². The van der Waals surface area contributed by atoms with Gasteiger partial charge in [0.15, 0.2) is 0 Å². The number of carbonyl (C=O) groups is 1. The van der Waals surface area contributed by atoms with Gasteiger partial charge in [-0.1, -0.05) is 51.1 Å². The van der Waals surface area contributed by atoms with Gasteiger partial charge in [0.05, 0.1) is 6.04 Å². The van der Waals surface area contributed by atoms with Gasteiger partial charge in [0.2, 0.25) is 5.91 Å². The van der Waals surface area contributed by atoms with Crippen LogP contribution in [0, 0.1) is 5.41 Å². The highest BCUT2D eigenvalue weighted by molar-refractivity contribution is 5.82. The van der Waals surface area contributed by atoms with Crippen molar-refractivity contribution in [1.29, 1.82) is 0 Å². The molecule has 0 bridgehead atoms. The predicted molar refractivity (Wildman–Crippen MR) is 79.8 cm³/mol. The van der Waals surface area contributed by atoms with Crippen LogP contribution in [-0.4, -0.2) is 29.9 Å². The number of hydrogen-bond donors (Lipinski definition) is 1. The molecule has 0 fully saturated rings.